The zero-order valence-corrected chi connectivity index (χ0v) is 13.1. The highest BCUT2D eigenvalue weighted by molar-refractivity contribution is 6.00. The van der Waals surface area contributed by atoms with Crippen LogP contribution in [0.5, 0.6) is 0 Å². The number of ether oxygens (including phenoxy) is 2. The first kappa shape index (κ1) is 16.7. The predicted octanol–water partition coefficient (Wildman–Crippen LogP) is 2.55. The second kappa shape index (κ2) is 7.58. The van der Waals surface area contributed by atoms with E-state index in [1.54, 1.807) is 0 Å². The van der Waals surface area contributed by atoms with E-state index in [1.807, 2.05) is 6.08 Å². The van der Waals surface area contributed by atoms with Gasteiger partial charge in [-0.05, 0) is 37.5 Å². The molecule has 0 spiro atoms. The van der Waals surface area contributed by atoms with E-state index in [-0.39, 0.29) is 23.0 Å². The third-order valence-corrected chi connectivity index (χ3v) is 3.68. The number of amides is 1. The zero-order chi connectivity index (χ0) is 16.8. The molecule has 122 valence electrons. The number of hydrogen-bond donors (Lipinski definition) is 1. The molecule has 1 aliphatic carbocycles. The largest absolute Gasteiger partial charge is 0.465 e. The number of carbonyl (C=O) groups excluding carboxylic acids is 3. The van der Waals surface area contributed by atoms with Crippen LogP contribution in [0.4, 0.5) is 5.69 Å². The van der Waals surface area contributed by atoms with Crippen LogP contribution in [0.15, 0.2) is 30.4 Å². The highest BCUT2D eigenvalue weighted by atomic mass is 16.5. The van der Waals surface area contributed by atoms with Gasteiger partial charge < -0.3 is 14.8 Å². The van der Waals surface area contributed by atoms with Crippen LogP contribution in [0.1, 0.15) is 40.0 Å². The minimum absolute atomic E-state index is 0.108. The molecule has 0 aromatic heterocycles. The fraction of sp³-hybridized carbons (Fsp3) is 0.353. The van der Waals surface area contributed by atoms with Crippen molar-refractivity contribution in [3.8, 4) is 0 Å². The van der Waals surface area contributed by atoms with Gasteiger partial charge in [-0.15, -0.1) is 0 Å². The summed E-state index contributed by atoms with van der Waals surface area (Å²) in [5, 5.41) is 2.76. The quantitative estimate of drug-likeness (QED) is 0.682. The Morgan fingerprint density at radius 2 is 1.61 bits per heavy atom. The summed E-state index contributed by atoms with van der Waals surface area (Å²) in [6, 6.07) is 4.33. The monoisotopic (exact) mass is 317 g/mol. The van der Waals surface area contributed by atoms with E-state index in [9.17, 15) is 14.4 Å². The Kier molecular flexibility index (Phi) is 5.51. The molecule has 1 atom stereocenters. The van der Waals surface area contributed by atoms with Crippen LogP contribution in [0.2, 0.25) is 0 Å². The zero-order valence-electron chi connectivity index (χ0n) is 13.1. The molecule has 0 heterocycles. The molecule has 1 N–H and O–H groups in total. The van der Waals surface area contributed by atoms with Crippen LogP contribution in [0.25, 0.3) is 0 Å². The minimum atomic E-state index is -0.591. The number of nitrogens with one attached hydrogen (secondary N) is 1. The first-order valence-electron chi connectivity index (χ1n) is 7.32. The van der Waals surface area contributed by atoms with Crippen LogP contribution < -0.4 is 5.32 Å². The maximum absolute atomic E-state index is 12.3. The molecule has 0 saturated heterocycles. The molecule has 6 heteroatoms. The van der Waals surface area contributed by atoms with Crippen LogP contribution in [-0.4, -0.2) is 32.1 Å². The molecule has 1 amide bonds. The van der Waals surface area contributed by atoms with Crippen molar-refractivity contribution in [2.24, 2.45) is 5.92 Å². The average Bonchev–Trinajstić information content (AvgIpc) is 2.60. The van der Waals surface area contributed by atoms with Gasteiger partial charge in [0, 0.05) is 11.6 Å². The van der Waals surface area contributed by atoms with Gasteiger partial charge in [0.25, 0.3) is 0 Å². The van der Waals surface area contributed by atoms with Gasteiger partial charge in [0.15, 0.2) is 0 Å². The summed E-state index contributed by atoms with van der Waals surface area (Å²) in [5.74, 6) is -1.42. The summed E-state index contributed by atoms with van der Waals surface area (Å²) in [5.41, 5.74) is 0.719. The Bertz CT molecular complexity index is 616. The number of carbonyl (C=O) groups is 3. The molecular formula is C17H19NO5. The molecule has 2 rings (SSSR count). The lowest BCUT2D eigenvalue weighted by Crippen LogP contribution is -2.24. The maximum atomic E-state index is 12.3. The summed E-state index contributed by atoms with van der Waals surface area (Å²) >= 11 is 0. The highest BCUT2D eigenvalue weighted by Crippen LogP contribution is 2.22. The van der Waals surface area contributed by atoms with Gasteiger partial charge in [-0.1, -0.05) is 12.2 Å². The lowest BCUT2D eigenvalue weighted by Gasteiger charge is -2.17. The lowest BCUT2D eigenvalue weighted by molar-refractivity contribution is -0.120. The molecule has 0 bridgehead atoms. The van der Waals surface area contributed by atoms with Crippen LogP contribution in [0, 0.1) is 5.92 Å². The SMILES string of the molecule is COC(=O)c1cc(NC(=O)[C@H]2CC=CCC2)cc(C(=O)OC)c1. The van der Waals surface area contributed by atoms with E-state index in [0.717, 1.165) is 12.8 Å². The second-order valence-corrected chi connectivity index (χ2v) is 5.25. The Labute approximate surface area is 134 Å². The Balaban J connectivity index is 2.25. The van der Waals surface area contributed by atoms with Crippen molar-refractivity contribution in [1.82, 2.24) is 0 Å². The predicted molar refractivity (Wildman–Crippen MR) is 84.2 cm³/mol. The highest BCUT2D eigenvalue weighted by Gasteiger charge is 2.20. The van der Waals surface area contributed by atoms with Crippen molar-refractivity contribution in [2.75, 3.05) is 19.5 Å². The van der Waals surface area contributed by atoms with Crippen LogP contribution in [-0.2, 0) is 14.3 Å². The molecular weight excluding hydrogens is 298 g/mol. The number of benzene rings is 1. The molecule has 0 radical (unpaired) electrons. The van der Waals surface area contributed by atoms with E-state index < -0.39 is 11.9 Å². The van der Waals surface area contributed by atoms with Crippen molar-refractivity contribution in [1.29, 1.82) is 0 Å². The molecule has 0 aliphatic heterocycles. The molecule has 1 aromatic carbocycles. The summed E-state index contributed by atoms with van der Waals surface area (Å²) in [7, 11) is 2.50. The van der Waals surface area contributed by atoms with Crippen molar-refractivity contribution < 1.29 is 23.9 Å². The van der Waals surface area contributed by atoms with E-state index in [1.165, 1.54) is 32.4 Å². The maximum Gasteiger partial charge on any atom is 0.337 e. The molecule has 1 aromatic rings. The molecule has 0 unspecified atom stereocenters. The van der Waals surface area contributed by atoms with Crippen molar-refractivity contribution in [3.05, 3.63) is 41.5 Å². The third kappa shape index (κ3) is 4.18. The van der Waals surface area contributed by atoms with Crippen molar-refractivity contribution in [2.45, 2.75) is 19.3 Å². The van der Waals surface area contributed by atoms with Gasteiger partial charge in [-0.25, -0.2) is 9.59 Å². The van der Waals surface area contributed by atoms with Gasteiger partial charge in [-0.2, -0.15) is 0 Å². The topological polar surface area (TPSA) is 81.7 Å². The van der Waals surface area contributed by atoms with Crippen molar-refractivity contribution in [3.63, 3.8) is 0 Å². The summed E-state index contributed by atoms with van der Waals surface area (Å²) < 4.78 is 9.34. The fourth-order valence-electron chi connectivity index (χ4n) is 2.45. The van der Waals surface area contributed by atoms with E-state index in [4.69, 9.17) is 0 Å². The first-order valence-corrected chi connectivity index (χ1v) is 7.32. The third-order valence-electron chi connectivity index (χ3n) is 3.68. The Morgan fingerprint density at radius 3 is 2.09 bits per heavy atom. The molecule has 23 heavy (non-hydrogen) atoms. The van der Waals surface area contributed by atoms with E-state index in [2.05, 4.69) is 20.9 Å². The molecule has 0 fully saturated rings. The number of anilines is 1. The van der Waals surface area contributed by atoms with Gasteiger partial charge in [0.2, 0.25) is 5.91 Å². The van der Waals surface area contributed by atoms with Gasteiger partial charge in [0.05, 0.1) is 25.3 Å². The average molecular weight is 317 g/mol. The standard InChI is InChI=1S/C17H19NO5/c1-22-16(20)12-8-13(17(21)23-2)10-14(9-12)18-15(19)11-6-4-3-5-7-11/h3-4,8-11H,5-7H2,1-2H3,(H,18,19)/t11-/m0/s1. The van der Waals surface area contributed by atoms with E-state index >= 15 is 0 Å². The number of allylic oxidation sites excluding steroid dienone is 2. The summed E-state index contributed by atoms with van der Waals surface area (Å²) in [6.07, 6.45) is 6.37. The number of methoxy groups -OCH3 is 2. The number of esters is 2. The van der Waals surface area contributed by atoms with Crippen molar-refractivity contribution >= 4 is 23.5 Å². The van der Waals surface area contributed by atoms with Gasteiger partial charge in [-0.3, -0.25) is 4.79 Å². The summed E-state index contributed by atoms with van der Waals surface area (Å²) in [4.78, 5) is 35.7. The van der Waals surface area contributed by atoms with Crippen LogP contribution >= 0.6 is 0 Å². The normalized spacial score (nSPS) is 16.5. The van der Waals surface area contributed by atoms with Gasteiger partial charge >= 0.3 is 11.9 Å². The second-order valence-electron chi connectivity index (χ2n) is 5.25. The number of rotatable bonds is 4. The first-order chi connectivity index (χ1) is 11.0. The minimum Gasteiger partial charge on any atom is -0.465 e. The smallest absolute Gasteiger partial charge is 0.337 e. The van der Waals surface area contributed by atoms with Crippen LogP contribution in [0.3, 0.4) is 0 Å². The summed E-state index contributed by atoms with van der Waals surface area (Å²) in [6.45, 7) is 0. The molecule has 1 aliphatic rings. The lowest BCUT2D eigenvalue weighted by atomic mass is 9.93. The Hall–Kier alpha value is -2.63. The molecule has 0 saturated carbocycles. The number of hydrogen-bond acceptors (Lipinski definition) is 5. The fourth-order valence-corrected chi connectivity index (χ4v) is 2.45. The van der Waals surface area contributed by atoms with Gasteiger partial charge in [0.1, 0.15) is 0 Å². The Morgan fingerprint density at radius 1 is 1.00 bits per heavy atom. The molecule has 6 nitrogen and oxygen atoms in total. The van der Waals surface area contributed by atoms with E-state index in [0.29, 0.717) is 12.1 Å².